The molecule has 18 heavy (non-hydrogen) atoms. The van der Waals surface area contributed by atoms with Crippen molar-refractivity contribution in [3.8, 4) is 0 Å². The number of carbonyl (C=O) groups excluding carboxylic acids is 2. The van der Waals surface area contributed by atoms with Gasteiger partial charge in [-0.15, -0.1) is 0 Å². The van der Waals surface area contributed by atoms with Gasteiger partial charge in [0.2, 0.25) is 5.76 Å². The predicted molar refractivity (Wildman–Crippen MR) is 58.7 cm³/mol. The number of halogens is 1. The maximum Gasteiger partial charge on any atom is 0.371 e. The Morgan fingerprint density at radius 1 is 1.17 bits per heavy atom. The summed E-state index contributed by atoms with van der Waals surface area (Å²) in [4.78, 5) is 32.9. The number of carboxylic acid groups (broad SMARTS) is 1. The summed E-state index contributed by atoms with van der Waals surface area (Å²) in [5, 5.41) is 17.1. The average Bonchev–Trinajstić information content (AvgIpc) is 2.28. The van der Waals surface area contributed by atoms with Gasteiger partial charge in [0.15, 0.2) is 11.6 Å². The van der Waals surface area contributed by atoms with Crippen LogP contribution in [-0.2, 0) is 9.59 Å². The minimum atomic E-state index is -1.68. The first kappa shape index (κ1) is 13.6. The molecular formula is C12H9FO5. The van der Waals surface area contributed by atoms with E-state index in [2.05, 4.69) is 0 Å². The number of hydrogen-bond acceptors (Lipinski definition) is 4. The molecule has 0 aliphatic rings. The van der Waals surface area contributed by atoms with Crippen LogP contribution in [-0.4, -0.2) is 27.7 Å². The summed E-state index contributed by atoms with van der Waals surface area (Å²) >= 11 is 0. The summed E-state index contributed by atoms with van der Waals surface area (Å²) in [7, 11) is 0. The van der Waals surface area contributed by atoms with Crippen LogP contribution in [0.2, 0.25) is 0 Å². The topological polar surface area (TPSA) is 91.7 Å². The minimum Gasteiger partial charge on any atom is -0.502 e. The molecule has 0 saturated heterocycles. The molecule has 0 radical (unpaired) electrons. The van der Waals surface area contributed by atoms with Crippen LogP contribution in [0.25, 0.3) is 0 Å². The van der Waals surface area contributed by atoms with Crippen molar-refractivity contribution in [2.75, 3.05) is 0 Å². The SMILES string of the molecule is O=C(C=C(O)C(=O)O)CC(=O)c1ccccc1F. The van der Waals surface area contributed by atoms with Crippen LogP contribution in [0.5, 0.6) is 0 Å². The number of aliphatic hydroxyl groups excluding tert-OH is 1. The van der Waals surface area contributed by atoms with E-state index in [9.17, 15) is 18.8 Å². The Morgan fingerprint density at radius 2 is 1.78 bits per heavy atom. The van der Waals surface area contributed by atoms with Crippen LogP contribution in [0.15, 0.2) is 36.1 Å². The van der Waals surface area contributed by atoms with Gasteiger partial charge in [-0.3, -0.25) is 9.59 Å². The largest absolute Gasteiger partial charge is 0.502 e. The van der Waals surface area contributed by atoms with E-state index in [-0.39, 0.29) is 5.56 Å². The highest BCUT2D eigenvalue weighted by Crippen LogP contribution is 2.09. The average molecular weight is 252 g/mol. The molecule has 0 amide bonds. The Hall–Kier alpha value is -2.50. The molecule has 0 aliphatic heterocycles. The monoisotopic (exact) mass is 252 g/mol. The fraction of sp³-hybridized carbons (Fsp3) is 0.0833. The molecule has 1 aromatic carbocycles. The van der Waals surface area contributed by atoms with E-state index in [4.69, 9.17) is 10.2 Å². The number of hydrogen-bond donors (Lipinski definition) is 2. The van der Waals surface area contributed by atoms with Crippen molar-refractivity contribution in [3.63, 3.8) is 0 Å². The second-order valence-corrected chi connectivity index (χ2v) is 3.38. The van der Waals surface area contributed by atoms with E-state index in [0.717, 1.165) is 6.07 Å². The van der Waals surface area contributed by atoms with Gasteiger partial charge in [0.05, 0.1) is 12.0 Å². The number of rotatable bonds is 5. The first-order chi connectivity index (χ1) is 8.41. The summed E-state index contributed by atoms with van der Waals surface area (Å²) < 4.78 is 13.2. The molecule has 2 N–H and O–H groups in total. The van der Waals surface area contributed by atoms with Gasteiger partial charge in [-0.2, -0.15) is 0 Å². The van der Waals surface area contributed by atoms with Gasteiger partial charge in [-0.05, 0) is 12.1 Å². The van der Waals surface area contributed by atoms with Crippen LogP contribution in [0.1, 0.15) is 16.8 Å². The number of aliphatic hydroxyl groups is 1. The van der Waals surface area contributed by atoms with Crippen LogP contribution >= 0.6 is 0 Å². The van der Waals surface area contributed by atoms with Crippen molar-refractivity contribution in [1.82, 2.24) is 0 Å². The number of carboxylic acids is 1. The number of aliphatic carboxylic acids is 1. The predicted octanol–water partition coefficient (Wildman–Crippen LogP) is 1.49. The molecule has 0 aliphatic carbocycles. The molecule has 0 fully saturated rings. The van der Waals surface area contributed by atoms with Gasteiger partial charge in [-0.25, -0.2) is 9.18 Å². The third-order valence-corrected chi connectivity index (χ3v) is 2.03. The van der Waals surface area contributed by atoms with E-state index in [1.165, 1.54) is 18.2 Å². The van der Waals surface area contributed by atoms with Gasteiger partial charge < -0.3 is 10.2 Å². The van der Waals surface area contributed by atoms with Crippen molar-refractivity contribution in [2.24, 2.45) is 0 Å². The molecule has 0 spiro atoms. The van der Waals surface area contributed by atoms with E-state index < -0.39 is 35.5 Å². The summed E-state index contributed by atoms with van der Waals surface area (Å²) in [5.74, 6) is -5.31. The van der Waals surface area contributed by atoms with Gasteiger partial charge >= 0.3 is 5.97 Å². The van der Waals surface area contributed by atoms with Crippen molar-refractivity contribution < 1.29 is 29.0 Å². The molecule has 0 atom stereocenters. The summed E-state index contributed by atoms with van der Waals surface area (Å²) in [5.41, 5.74) is -0.255. The molecular weight excluding hydrogens is 243 g/mol. The van der Waals surface area contributed by atoms with Crippen molar-refractivity contribution >= 4 is 17.5 Å². The third-order valence-electron chi connectivity index (χ3n) is 2.03. The molecule has 1 rings (SSSR count). The zero-order valence-electron chi connectivity index (χ0n) is 9.09. The lowest BCUT2D eigenvalue weighted by molar-refractivity contribution is -0.135. The highest BCUT2D eigenvalue weighted by atomic mass is 19.1. The van der Waals surface area contributed by atoms with Gasteiger partial charge in [0.1, 0.15) is 5.82 Å². The zero-order valence-corrected chi connectivity index (χ0v) is 9.09. The summed E-state index contributed by atoms with van der Waals surface area (Å²) in [6, 6.07) is 5.11. The molecule has 6 heteroatoms. The molecule has 0 heterocycles. The van der Waals surface area contributed by atoms with E-state index >= 15 is 0 Å². The third kappa shape index (κ3) is 3.51. The smallest absolute Gasteiger partial charge is 0.371 e. The van der Waals surface area contributed by atoms with Gasteiger partial charge in [0.25, 0.3) is 0 Å². The molecule has 94 valence electrons. The number of benzene rings is 1. The molecule has 5 nitrogen and oxygen atoms in total. The first-order valence-corrected chi connectivity index (χ1v) is 4.86. The maximum absolute atomic E-state index is 13.2. The zero-order chi connectivity index (χ0) is 13.7. The molecule has 0 bridgehead atoms. The molecule has 0 saturated carbocycles. The summed E-state index contributed by atoms with van der Waals surface area (Å²) in [6.07, 6.45) is -0.292. The van der Waals surface area contributed by atoms with E-state index in [1.807, 2.05) is 0 Å². The Balaban J connectivity index is 2.78. The highest BCUT2D eigenvalue weighted by molar-refractivity contribution is 6.12. The van der Waals surface area contributed by atoms with Crippen LogP contribution in [0.3, 0.4) is 0 Å². The quantitative estimate of drug-likeness (QED) is 0.358. The van der Waals surface area contributed by atoms with Gasteiger partial charge in [-0.1, -0.05) is 12.1 Å². The van der Waals surface area contributed by atoms with Crippen LogP contribution < -0.4 is 0 Å². The lowest BCUT2D eigenvalue weighted by Crippen LogP contribution is -2.10. The number of Topliss-reactive ketones (excluding diaryl/α,β-unsaturated/α-hetero) is 1. The van der Waals surface area contributed by atoms with E-state index in [1.54, 1.807) is 0 Å². The Kier molecular flexibility index (Phi) is 4.31. The second kappa shape index (κ2) is 5.72. The summed E-state index contributed by atoms with van der Waals surface area (Å²) in [6.45, 7) is 0. The highest BCUT2D eigenvalue weighted by Gasteiger charge is 2.15. The Labute approximate surface area is 101 Å². The maximum atomic E-state index is 13.2. The Morgan fingerprint density at radius 3 is 2.33 bits per heavy atom. The normalized spacial score (nSPS) is 11.1. The molecule has 0 unspecified atom stereocenters. The van der Waals surface area contributed by atoms with Crippen LogP contribution in [0.4, 0.5) is 4.39 Å². The van der Waals surface area contributed by atoms with Crippen molar-refractivity contribution in [2.45, 2.75) is 6.42 Å². The van der Waals surface area contributed by atoms with Gasteiger partial charge in [0, 0.05) is 6.08 Å². The fourth-order valence-electron chi connectivity index (χ4n) is 1.21. The number of carbonyl (C=O) groups is 3. The number of ketones is 2. The lowest BCUT2D eigenvalue weighted by atomic mass is 10.1. The second-order valence-electron chi connectivity index (χ2n) is 3.38. The van der Waals surface area contributed by atoms with Crippen LogP contribution in [0, 0.1) is 5.82 Å². The standard InChI is InChI=1S/C12H9FO5/c13-9-4-2-1-3-8(9)10(15)5-7(14)6-11(16)12(17)18/h1-4,6,16H,5H2,(H,17,18). The van der Waals surface area contributed by atoms with E-state index in [0.29, 0.717) is 6.08 Å². The van der Waals surface area contributed by atoms with Crippen molar-refractivity contribution in [3.05, 3.63) is 47.5 Å². The lowest BCUT2D eigenvalue weighted by Gasteiger charge is -2.00. The molecule has 1 aromatic rings. The molecule has 0 aromatic heterocycles. The Bertz CT molecular complexity index is 533. The fourth-order valence-corrected chi connectivity index (χ4v) is 1.21. The number of allylic oxidation sites excluding steroid dienone is 1. The first-order valence-electron chi connectivity index (χ1n) is 4.86. The minimum absolute atomic E-state index is 0.255. The van der Waals surface area contributed by atoms with Crippen molar-refractivity contribution in [1.29, 1.82) is 0 Å².